The van der Waals surface area contributed by atoms with Crippen molar-refractivity contribution >= 4 is 23.9 Å². The third kappa shape index (κ3) is 3.32. The van der Waals surface area contributed by atoms with E-state index in [9.17, 15) is 39.6 Å². The van der Waals surface area contributed by atoms with Gasteiger partial charge in [0.05, 0.1) is 46.7 Å². The number of aromatic carboxylic acids is 4. The molecule has 10 heteroatoms. The molecule has 24 heavy (non-hydrogen) atoms. The number of hydrogen-bond acceptors (Lipinski definition) is 10. The summed E-state index contributed by atoms with van der Waals surface area (Å²) in [7, 11) is 0. The number of carbonyl (C=O) groups excluding carboxylic acids is 4. The van der Waals surface area contributed by atoms with Gasteiger partial charge in [-0.1, -0.05) is 0 Å². The first-order chi connectivity index (χ1) is 11.2. The Morgan fingerprint density at radius 2 is 0.750 bits per heavy atom. The van der Waals surface area contributed by atoms with Gasteiger partial charge in [-0.3, -0.25) is 0 Å². The Hall–Kier alpha value is -3.82. The summed E-state index contributed by atoms with van der Waals surface area (Å²) in [6.07, 6.45) is 0. The van der Waals surface area contributed by atoms with Crippen LogP contribution in [-0.4, -0.2) is 33.8 Å². The van der Waals surface area contributed by atoms with Crippen molar-refractivity contribution in [3.8, 4) is 11.1 Å². The topological polar surface area (TPSA) is 186 Å². The minimum Gasteiger partial charge on any atom is -0.543 e. The third-order valence-electron chi connectivity index (χ3n) is 2.82. The first-order valence-electron chi connectivity index (χ1n) is 6.09. The van der Waals surface area contributed by atoms with Gasteiger partial charge in [0.25, 0.3) is 0 Å². The standard InChI is InChI=1S/C14H8N2O8/c17-11(18)7-1-5(2-8(15-7)12(19)20)6-3-9(13(21)22)16-10(4-6)14(23)24/h1-4H,(H,17,18)(H,19,20)(H,21,22)(H,23,24)/p-4. The lowest BCUT2D eigenvalue weighted by Gasteiger charge is -2.13. The van der Waals surface area contributed by atoms with Gasteiger partial charge in [0.2, 0.25) is 0 Å². The van der Waals surface area contributed by atoms with Crippen LogP contribution in [-0.2, 0) is 0 Å². The van der Waals surface area contributed by atoms with Crippen LogP contribution < -0.4 is 20.4 Å². The van der Waals surface area contributed by atoms with Crippen molar-refractivity contribution in [1.82, 2.24) is 9.97 Å². The van der Waals surface area contributed by atoms with E-state index in [2.05, 4.69) is 9.97 Å². The van der Waals surface area contributed by atoms with Crippen molar-refractivity contribution in [2.45, 2.75) is 0 Å². The fraction of sp³-hybridized carbons (Fsp3) is 0. The lowest BCUT2D eigenvalue weighted by Crippen LogP contribution is -2.28. The van der Waals surface area contributed by atoms with Gasteiger partial charge in [-0.15, -0.1) is 0 Å². The highest BCUT2D eigenvalue weighted by Gasteiger charge is 2.11. The van der Waals surface area contributed by atoms with Crippen LogP contribution in [0.25, 0.3) is 11.1 Å². The molecule has 2 heterocycles. The van der Waals surface area contributed by atoms with Gasteiger partial charge < -0.3 is 39.6 Å². The largest absolute Gasteiger partial charge is 0.543 e. The number of rotatable bonds is 5. The molecule has 0 N–H and O–H groups in total. The van der Waals surface area contributed by atoms with Crippen molar-refractivity contribution < 1.29 is 39.6 Å². The summed E-state index contributed by atoms with van der Waals surface area (Å²) in [6.45, 7) is 0. The second-order valence-corrected chi connectivity index (χ2v) is 4.40. The zero-order chi connectivity index (χ0) is 18.0. The molecular formula is C14H4N2O8-4. The van der Waals surface area contributed by atoms with Crippen LogP contribution in [0.5, 0.6) is 0 Å². The maximum Gasteiger partial charge on any atom is 0.0900 e. The van der Waals surface area contributed by atoms with Gasteiger partial charge >= 0.3 is 0 Å². The Morgan fingerprint density at radius 3 is 0.917 bits per heavy atom. The fourth-order valence-corrected chi connectivity index (χ4v) is 1.81. The summed E-state index contributed by atoms with van der Waals surface area (Å²) < 4.78 is 0. The van der Waals surface area contributed by atoms with Crippen LogP contribution in [0.15, 0.2) is 24.3 Å². The summed E-state index contributed by atoms with van der Waals surface area (Å²) in [5.41, 5.74) is -3.39. The molecule has 2 aromatic heterocycles. The molecule has 0 bridgehead atoms. The van der Waals surface area contributed by atoms with E-state index in [1.54, 1.807) is 0 Å². The van der Waals surface area contributed by atoms with Gasteiger partial charge in [0, 0.05) is 0 Å². The minimum atomic E-state index is -1.80. The van der Waals surface area contributed by atoms with Crippen LogP contribution in [0, 0.1) is 0 Å². The zero-order valence-electron chi connectivity index (χ0n) is 11.5. The summed E-state index contributed by atoms with van der Waals surface area (Å²) in [5, 5.41) is 43.6. The minimum absolute atomic E-state index is 0.157. The van der Waals surface area contributed by atoms with Gasteiger partial charge in [-0.05, 0) is 35.4 Å². The van der Waals surface area contributed by atoms with Crippen LogP contribution in [0.3, 0.4) is 0 Å². The smallest absolute Gasteiger partial charge is 0.0900 e. The molecule has 122 valence electrons. The van der Waals surface area contributed by atoms with Crippen molar-refractivity contribution in [3.63, 3.8) is 0 Å². The number of carboxylic acids is 4. The van der Waals surface area contributed by atoms with Crippen LogP contribution in [0.4, 0.5) is 0 Å². The normalized spacial score (nSPS) is 10.2. The molecule has 0 atom stereocenters. The number of nitrogens with zero attached hydrogens (tertiary/aromatic N) is 2. The Bertz CT molecular complexity index is 752. The lowest BCUT2D eigenvalue weighted by molar-refractivity contribution is -0.258. The maximum absolute atomic E-state index is 10.9. The molecule has 0 aliphatic carbocycles. The number of pyridine rings is 2. The molecule has 0 aliphatic heterocycles. The summed E-state index contributed by atoms with van der Waals surface area (Å²) in [5.74, 6) is -7.19. The number of hydrogen-bond donors (Lipinski definition) is 0. The van der Waals surface area contributed by atoms with Crippen LogP contribution >= 0.6 is 0 Å². The molecular weight excluding hydrogens is 324 g/mol. The SMILES string of the molecule is O=C([O-])c1cc(-c2cc(C(=O)[O-])nc(C(=O)[O-])c2)cc(C(=O)[O-])n1. The maximum atomic E-state index is 10.9. The number of carboxylic acid groups (broad SMARTS) is 4. The molecule has 10 nitrogen and oxygen atoms in total. The molecule has 2 aromatic rings. The third-order valence-corrected chi connectivity index (χ3v) is 2.82. The second-order valence-electron chi connectivity index (χ2n) is 4.40. The van der Waals surface area contributed by atoms with E-state index >= 15 is 0 Å². The van der Waals surface area contributed by atoms with Crippen molar-refractivity contribution in [3.05, 3.63) is 47.0 Å². The van der Waals surface area contributed by atoms with Crippen molar-refractivity contribution in [2.75, 3.05) is 0 Å². The lowest BCUT2D eigenvalue weighted by atomic mass is 10.0. The first-order valence-corrected chi connectivity index (χ1v) is 6.09. The number of carbonyl (C=O) groups is 4. The van der Waals surface area contributed by atoms with E-state index in [0.29, 0.717) is 0 Å². The highest BCUT2D eigenvalue weighted by atomic mass is 16.4. The van der Waals surface area contributed by atoms with E-state index in [-0.39, 0.29) is 11.1 Å². The Labute approximate surface area is 132 Å². The van der Waals surface area contributed by atoms with Gasteiger partial charge in [0.1, 0.15) is 0 Å². The second kappa shape index (κ2) is 6.12. The average molecular weight is 328 g/mol. The molecule has 0 fully saturated rings. The Morgan fingerprint density at radius 1 is 0.542 bits per heavy atom. The quantitative estimate of drug-likeness (QED) is 0.518. The monoisotopic (exact) mass is 328 g/mol. The van der Waals surface area contributed by atoms with E-state index in [4.69, 9.17) is 0 Å². The van der Waals surface area contributed by atoms with E-state index < -0.39 is 46.7 Å². The van der Waals surface area contributed by atoms with Gasteiger partial charge in [-0.2, -0.15) is 0 Å². The molecule has 0 unspecified atom stereocenters. The molecule has 0 amide bonds. The Balaban J connectivity index is 2.74. The highest BCUT2D eigenvalue weighted by molar-refractivity contribution is 5.93. The van der Waals surface area contributed by atoms with Crippen molar-refractivity contribution in [1.29, 1.82) is 0 Å². The predicted molar refractivity (Wildman–Crippen MR) is 64.8 cm³/mol. The molecule has 0 aliphatic rings. The van der Waals surface area contributed by atoms with Gasteiger partial charge in [-0.25, -0.2) is 9.97 Å². The molecule has 0 radical (unpaired) electrons. The van der Waals surface area contributed by atoms with Crippen molar-refractivity contribution in [2.24, 2.45) is 0 Å². The first kappa shape index (κ1) is 16.5. The van der Waals surface area contributed by atoms with Gasteiger partial charge in [0.15, 0.2) is 0 Å². The van der Waals surface area contributed by atoms with Crippen LogP contribution in [0.1, 0.15) is 42.0 Å². The fourth-order valence-electron chi connectivity index (χ4n) is 1.81. The summed E-state index contributed by atoms with van der Waals surface area (Å²) in [6, 6.07) is 3.48. The summed E-state index contributed by atoms with van der Waals surface area (Å²) >= 11 is 0. The summed E-state index contributed by atoms with van der Waals surface area (Å²) in [4.78, 5) is 50.2. The molecule has 2 rings (SSSR count). The number of aromatic nitrogens is 2. The molecule has 0 saturated carbocycles. The molecule has 0 spiro atoms. The van der Waals surface area contributed by atoms with Crippen LogP contribution in [0.2, 0.25) is 0 Å². The van der Waals surface area contributed by atoms with E-state index in [0.717, 1.165) is 24.3 Å². The van der Waals surface area contributed by atoms with E-state index in [1.165, 1.54) is 0 Å². The van der Waals surface area contributed by atoms with E-state index in [1.807, 2.05) is 0 Å². The zero-order valence-corrected chi connectivity index (χ0v) is 11.5. The Kier molecular flexibility index (Phi) is 4.22. The molecule has 0 aromatic carbocycles. The predicted octanol–water partition coefficient (Wildman–Crippen LogP) is -4.40. The highest BCUT2D eigenvalue weighted by Crippen LogP contribution is 2.22. The molecule has 0 saturated heterocycles. The average Bonchev–Trinajstić information content (AvgIpc) is 2.53.